The van der Waals surface area contributed by atoms with Gasteiger partial charge in [0.25, 0.3) is 5.91 Å². The Balaban J connectivity index is 2.01. The molecular formula is C15H17BrN2O3. The van der Waals surface area contributed by atoms with Gasteiger partial charge < -0.3 is 9.64 Å². The first-order valence-electron chi connectivity index (χ1n) is 7.07. The van der Waals surface area contributed by atoms with E-state index in [-0.39, 0.29) is 24.0 Å². The minimum atomic E-state index is -0.351. The standard InChI is InChI=1S/C15H17BrN2O3/c1-3-11-14(19)18(15(20)17(11)2)12-7-8-21-13-9(12)5-4-6-10(13)16/h4-6,11-12H,3,7-8H2,1-2H3/t11-,12-/m0/s1. The van der Waals surface area contributed by atoms with Crippen molar-refractivity contribution in [1.82, 2.24) is 9.80 Å². The van der Waals surface area contributed by atoms with Crippen molar-refractivity contribution in [3.05, 3.63) is 28.2 Å². The van der Waals surface area contributed by atoms with Gasteiger partial charge in [0.05, 0.1) is 17.1 Å². The number of hydrogen-bond acceptors (Lipinski definition) is 3. The van der Waals surface area contributed by atoms with E-state index >= 15 is 0 Å². The molecule has 0 radical (unpaired) electrons. The van der Waals surface area contributed by atoms with Crippen LogP contribution in [0.2, 0.25) is 0 Å². The van der Waals surface area contributed by atoms with Gasteiger partial charge in [-0.2, -0.15) is 0 Å². The molecule has 0 N–H and O–H groups in total. The fourth-order valence-electron chi connectivity index (χ4n) is 3.10. The van der Waals surface area contributed by atoms with E-state index in [0.29, 0.717) is 19.4 Å². The highest BCUT2D eigenvalue weighted by Gasteiger charge is 2.47. The van der Waals surface area contributed by atoms with Gasteiger partial charge in [-0.1, -0.05) is 19.1 Å². The van der Waals surface area contributed by atoms with Crippen LogP contribution < -0.4 is 4.74 Å². The molecule has 0 saturated carbocycles. The normalized spacial score (nSPS) is 25.1. The lowest BCUT2D eigenvalue weighted by Crippen LogP contribution is -2.38. The zero-order valence-corrected chi connectivity index (χ0v) is 13.6. The number of imide groups is 1. The number of rotatable bonds is 2. The second kappa shape index (κ2) is 5.33. The van der Waals surface area contributed by atoms with Crippen LogP contribution >= 0.6 is 15.9 Å². The van der Waals surface area contributed by atoms with E-state index in [2.05, 4.69) is 15.9 Å². The summed E-state index contributed by atoms with van der Waals surface area (Å²) in [4.78, 5) is 28.0. The van der Waals surface area contributed by atoms with Crippen LogP contribution in [0.3, 0.4) is 0 Å². The van der Waals surface area contributed by atoms with Gasteiger partial charge in [-0.25, -0.2) is 4.79 Å². The molecule has 0 spiro atoms. The number of likely N-dealkylation sites (N-methyl/N-ethyl adjacent to an activating group) is 1. The molecule has 0 aromatic heterocycles. The molecule has 2 heterocycles. The number of nitrogens with zero attached hydrogens (tertiary/aromatic N) is 2. The number of hydrogen-bond donors (Lipinski definition) is 0. The molecule has 1 saturated heterocycles. The molecule has 2 aliphatic rings. The van der Waals surface area contributed by atoms with Gasteiger partial charge in [-0.3, -0.25) is 9.69 Å². The van der Waals surface area contributed by atoms with Crippen molar-refractivity contribution in [2.24, 2.45) is 0 Å². The van der Waals surface area contributed by atoms with E-state index < -0.39 is 0 Å². The number of carbonyl (C=O) groups excluding carboxylic acids is 2. The fraction of sp³-hybridized carbons (Fsp3) is 0.467. The first-order chi connectivity index (χ1) is 10.1. The summed E-state index contributed by atoms with van der Waals surface area (Å²) >= 11 is 3.46. The van der Waals surface area contributed by atoms with Crippen LogP contribution in [0.1, 0.15) is 31.4 Å². The Bertz CT molecular complexity index is 605. The minimum Gasteiger partial charge on any atom is -0.492 e. The van der Waals surface area contributed by atoms with Crippen LogP contribution in [0.4, 0.5) is 4.79 Å². The van der Waals surface area contributed by atoms with E-state index in [4.69, 9.17) is 4.74 Å². The van der Waals surface area contributed by atoms with Crippen molar-refractivity contribution < 1.29 is 14.3 Å². The smallest absolute Gasteiger partial charge is 0.327 e. The number of urea groups is 1. The van der Waals surface area contributed by atoms with Crippen molar-refractivity contribution in [2.75, 3.05) is 13.7 Å². The predicted molar refractivity (Wildman–Crippen MR) is 81.1 cm³/mol. The fourth-order valence-corrected chi connectivity index (χ4v) is 3.59. The zero-order chi connectivity index (χ0) is 15.1. The summed E-state index contributed by atoms with van der Waals surface area (Å²) in [5.41, 5.74) is 0.891. The lowest BCUT2D eigenvalue weighted by molar-refractivity contribution is -0.130. The largest absolute Gasteiger partial charge is 0.492 e. The molecule has 5 nitrogen and oxygen atoms in total. The molecule has 0 unspecified atom stereocenters. The van der Waals surface area contributed by atoms with Crippen LogP contribution in [-0.2, 0) is 4.79 Å². The summed E-state index contributed by atoms with van der Waals surface area (Å²) in [7, 11) is 1.69. The summed E-state index contributed by atoms with van der Waals surface area (Å²) in [6, 6.07) is 4.90. The van der Waals surface area contributed by atoms with Gasteiger partial charge in [-0.15, -0.1) is 0 Å². The van der Waals surface area contributed by atoms with Crippen molar-refractivity contribution >= 4 is 27.9 Å². The third-order valence-corrected chi connectivity index (χ3v) is 4.81. The Morgan fingerprint density at radius 3 is 2.81 bits per heavy atom. The van der Waals surface area contributed by atoms with Crippen molar-refractivity contribution in [1.29, 1.82) is 0 Å². The van der Waals surface area contributed by atoms with E-state index in [1.54, 1.807) is 7.05 Å². The van der Waals surface area contributed by atoms with Crippen LogP contribution in [-0.4, -0.2) is 41.4 Å². The lowest BCUT2D eigenvalue weighted by Gasteiger charge is -2.31. The van der Waals surface area contributed by atoms with Gasteiger partial charge >= 0.3 is 6.03 Å². The molecule has 3 amide bonds. The van der Waals surface area contributed by atoms with Gasteiger partial charge in [0.15, 0.2) is 0 Å². The van der Waals surface area contributed by atoms with Crippen LogP contribution in [0.25, 0.3) is 0 Å². The monoisotopic (exact) mass is 352 g/mol. The summed E-state index contributed by atoms with van der Waals surface area (Å²) in [5, 5.41) is 0. The Kier molecular flexibility index (Phi) is 3.65. The predicted octanol–water partition coefficient (Wildman–Crippen LogP) is 2.95. The molecule has 1 fully saturated rings. The second-order valence-corrected chi connectivity index (χ2v) is 6.19. The van der Waals surface area contributed by atoms with E-state index in [1.807, 2.05) is 25.1 Å². The number of halogens is 1. The second-order valence-electron chi connectivity index (χ2n) is 5.34. The molecule has 0 aliphatic carbocycles. The maximum absolute atomic E-state index is 12.6. The quantitative estimate of drug-likeness (QED) is 0.769. The van der Waals surface area contributed by atoms with Crippen LogP contribution in [0.15, 0.2) is 22.7 Å². The number of ether oxygens (including phenoxy) is 1. The minimum absolute atomic E-state index is 0.108. The SMILES string of the molecule is CC[C@H]1C(=O)N([C@H]2CCOc3c(Br)cccc32)C(=O)N1C. The molecule has 21 heavy (non-hydrogen) atoms. The molecule has 1 aromatic rings. The average molecular weight is 353 g/mol. The Morgan fingerprint density at radius 1 is 1.38 bits per heavy atom. The maximum atomic E-state index is 12.6. The van der Waals surface area contributed by atoms with Gasteiger partial charge in [0.2, 0.25) is 0 Å². The van der Waals surface area contributed by atoms with Crippen molar-refractivity contribution in [2.45, 2.75) is 31.8 Å². The molecule has 0 bridgehead atoms. The topological polar surface area (TPSA) is 49.9 Å². The maximum Gasteiger partial charge on any atom is 0.327 e. The third-order valence-electron chi connectivity index (χ3n) is 4.19. The van der Waals surface area contributed by atoms with Gasteiger partial charge in [0, 0.05) is 19.0 Å². The van der Waals surface area contributed by atoms with Crippen molar-refractivity contribution in [3.63, 3.8) is 0 Å². The highest BCUT2D eigenvalue weighted by atomic mass is 79.9. The summed E-state index contributed by atoms with van der Waals surface area (Å²) in [6.07, 6.45) is 1.26. The Hall–Kier alpha value is -1.56. The Labute approximate surface area is 132 Å². The number of para-hydroxylation sites is 1. The summed E-state index contributed by atoms with van der Waals surface area (Å²) < 4.78 is 6.54. The Morgan fingerprint density at radius 2 is 2.14 bits per heavy atom. The molecule has 112 valence electrons. The first kappa shape index (κ1) is 14.4. The van der Waals surface area contributed by atoms with Crippen molar-refractivity contribution in [3.8, 4) is 5.75 Å². The summed E-state index contributed by atoms with van der Waals surface area (Å²) in [5.74, 6) is 0.625. The van der Waals surface area contributed by atoms with Crippen LogP contribution in [0, 0.1) is 0 Å². The molecule has 1 aromatic carbocycles. The third kappa shape index (κ3) is 2.12. The van der Waals surface area contributed by atoms with E-state index in [1.165, 1.54) is 9.80 Å². The number of carbonyl (C=O) groups is 2. The van der Waals surface area contributed by atoms with E-state index in [0.717, 1.165) is 15.8 Å². The molecule has 2 aliphatic heterocycles. The number of benzene rings is 1. The van der Waals surface area contributed by atoms with E-state index in [9.17, 15) is 9.59 Å². The average Bonchev–Trinajstić information content (AvgIpc) is 2.69. The molecule has 3 rings (SSSR count). The first-order valence-corrected chi connectivity index (χ1v) is 7.86. The van der Waals surface area contributed by atoms with Crippen LogP contribution in [0.5, 0.6) is 5.75 Å². The molecule has 6 heteroatoms. The highest BCUT2D eigenvalue weighted by Crippen LogP contribution is 2.42. The number of fused-ring (bicyclic) bond motifs is 1. The molecular weight excluding hydrogens is 336 g/mol. The molecule has 2 atom stereocenters. The van der Waals surface area contributed by atoms with Gasteiger partial charge in [0.1, 0.15) is 11.8 Å². The summed E-state index contributed by atoms with van der Waals surface area (Å²) in [6.45, 7) is 2.42. The lowest BCUT2D eigenvalue weighted by atomic mass is 9.99. The number of amides is 3. The van der Waals surface area contributed by atoms with Gasteiger partial charge in [-0.05, 0) is 28.4 Å². The highest BCUT2D eigenvalue weighted by molar-refractivity contribution is 9.10. The zero-order valence-electron chi connectivity index (χ0n) is 12.0.